The number of hydrogen-bond acceptors (Lipinski definition) is 2. The number of aliphatic carboxylic acids is 1. The molecule has 0 aliphatic heterocycles. The number of aliphatic hydroxyl groups is 1. The third-order valence-electron chi connectivity index (χ3n) is 3.32. The molecular weight excluding hydrogens is 204 g/mol. The van der Waals surface area contributed by atoms with Gasteiger partial charge in [0.15, 0.2) is 5.60 Å². The summed E-state index contributed by atoms with van der Waals surface area (Å²) in [5, 5.41) is 18.8. The van der Waals surface area contributed by atoms with Crippen molar-refractivity contribution in [3.8, 4) is 0 Å². The Morgan fingerprint density at radius 2 is 2.00 bits per heavy atom. The molecule has 3 heteroatoms. The van der Waals surface area contributed by atoms with Gasteiger partial charge >= 0.3 is 5.97 Å². The Kier molecular flexibility index (Phi) is 2.50. The van der Waals surface area contributed by atoms with Gasteiger partial charge in [0.25, 0.3) is 0 Å². The van der Waals surface area contributed by atoms with E-state index in [1.54, 1.807) is 6.07 Å². The summed E-state index contributed by atoms with van der Waals surface area (Å²) in [4.78, 5) is 10.9. The van der Waals surface area contributed by atoms with Crippen molar-refractivity contribution in [2.75, 3.05) is 0 Å². The van der Waals surface area contributed by atoms with Crippen LogP contribution in [0.1, 0.15) is 30.5 Å². The van der Waals surface area contributed by atoms with Crippen LogP contribution in [0, 0.1) is 5.92 Å². The second kappa shape index (κ2) is 3.59. The zero-order valence-electron chi connectivity index (χ0n) is 9.53. The quantitative estimate of drug-likeness (QED) is 0.797. The lowest BCUT2D eigenvalue weighted by atomic mass is 9.93. The maximum atomic E-state index is 10.9. The first-order valence-corrected chi connectivity index (χ1v) is 5.49. The van der Waals surface area contributed by atoms with Crippen LogP contribution >= 0.6 is 0 Å². The van der Waals surface area contributed by atoms with Crippen LogP contribution in [0.5, 0.6) is 0 Å². The molecule has 86 valence electrons. The van der Waals surface area contributed by atoms with E-state index in [0.29, 0.717) is 11.5 Å². The SMILES string of the molecule is C[C@H]1Cc2ccc([C@](C)(O)C(=O)O)cc2C1. The maximum absolute atomic E-state index is 10.9. The zero-order valence-corrected chi connectivity index (χ0v) is 9.53. The highest BCUT2D eigenvalue weighted by molar-refractivity contribution is 5.78. The fourth-order valence-corrected chi connectivity index (χ4v) is 2.26. The van der Waals surface area contributed by atoms with Crippen LogP contribution in [0.4, 0.5) is 0 Å². The third kappa shape index (κ3) is 1.71. The molecule has 0 heterocycles. The Bertz CT molecular complexity index is 435. The molecule has 1 aromatic carbocycles. The summed E-state index contributed by atoms with van der Waals surface area (Å²) in [6.07, 6.45) is 2.02. The summed E-state index contributed by atoms with van der Waals surface area (Å²) < 4.78 is 0. The van der Waals surface area contributed by atoms with E-state index >= 15 is 0 Å². The summed E-state index contributed by atoms with van der Waals surface area (Å²) >= 11 is 0. The van der Waals surface area contributed by atoms with Crippen LogP contribution in [0.3, 0.4) is 0 Å². The fourth-order valence-electron chi connectivity index (χ4n) is 2.26. The van der Waals surface area contributed by atoms with Crippen LogP contribution < -0.4 is 0 Å². The highest BCUT2D eigenvalue weighted by atomic mass is 16.4. The van der Waals surface area contributed by atoms with Gasteiger partial charge in [-0.05, 0) is 42.4 Å². The molecule has 1 aliphatic carbocycles. The lowest BCUT2D eigenvalue weighted by molar-refractivity contribution is -0.157. The van der Waals surface area contributed by atoms with E-state index in [1.807, 2.05) is 12.1 Å². The maximum Gasteiger partial charge on any atom is 0.340 e. The number of hydrogen-bond donors (Lipinski definition) is 2. The van der Waals surface area contributed by atoms with Crippen molar-refractivity contribution in [3.63, 3.8) is 0 Å². The molecule has 0 aromatic heterocycles. The second-order valence-corrected chi connectivity index (χ2v) is 4.87. The van der Waals surface area contributed by atoms with Gasteiger partial charge in [-0.1, -0.05) is 25.1 Å². The van der Waals surface area contributed by atoms with Gasteiger partial charge in [0.2, 0.25) is 0 Å². The van der Waals surface area contributed by atoms with E-state index in [-0.39, 0.29) is 0 Å². The molecule has 1 aliphatic rings. The second-order valence-electron chi connectivity index (χ2n) is 4.87. The minimum Gasteiger partial charge on any atom is -0.479 e. The fraction of sp³-hybridized carbons (Fsp3) is 0.462. The molecule has 2 atom stereocenters. The van der Waals surface area contributed by atoms with Gasteiger partial charge in [0, 0.05) is 0 Å². The van der Waals surface area contributed by atoms with E-state index in [1.165, 1.54) is 18.1 Å². The van der Waals surface area contributed by atoms with E-state index in [0.717, 1.165) is 12.8 Å². The molecule has 0 saturated carbocycles. The molecule has 16 heavy (non-hydrogen) atoms. The molecule has 1 aromatic rings. The van der Waals surface area contributed by atoms with Crippen LogP contribution in [-0.4, -0.2) is 16.2 Å². The minimum atomic E-state index is -1.79. The molecule has 0 radical (unpaired) electrons. The van der Waals surface area contributed by atoms with Crippen LogP contribution in [0.2, 0.25) is 0 Å². The average molecular weight is 220 g/mol. The molecular formula is C13H16O3. The molecule has 0 fully saturated rings. The van der Waals surface area contributed by atoms with E-state index in [4.69, 9.17) is 5.11 Å². The minimum absolute atomic E-state index is 0.466. The largest absolute Gasteiger partial charge is 0.479 e. The predicted molar refractivity (Wildman–Crippen MR) is 60.2 cm³/mol. The first-order valence-electron chi connectivity index (χ1n) is 5.49. The lowest BCUT2D eigenvalue weighted by Gasteiger charge is -2.19. The molecule has 0 bridgehead atoms. The Hall–Kier alpha value is -1.35. The molecule has 3 nitrogen and oxygen atoms in total. The standard InChI is InChI=1S/C13H16O3/c1-8-5-9-3-4-11(7-10(9)6-8)13(2,16)12(14)15/h3-4,7-8,16H,5-6H2,1-2H3,(H,14,15)/t8-,13-/m0/s1. The van der Waals surface area contributed by atoms with Crippen LogP contribution in [0.25, 0.3) is 0 Å². The van der Waals surface area contributed by atoms with E-state index < -0.39 is 11.6 Å². The van der Waals surface area contributed by atoms with Gasteiger partial charge in [0.05, 0.1) is 0 Å². The van der Waals surface area contributed by atoms with Gasteiger partial charge in [-0.15, -0.1) is 0 Å². The summed E-state index contributed by atoms with van der Waals surface area (Å²) in [6, 6.07) is 5.48. The Morgan fingerprint density at radius 3 is 2.62 bits per heavy atom. The van der Waals surface area contributed by atoms with Crippen LogP contribution in [-0.2, 0) is 23.2 Å². The van der Waals surface area contributed by atoms with Crippen molar-refractivity contribution < 1.29 is 15.0 Å². The number of carboxylic acids is 1. The number of carboxylic acid groups (broad SMARTS) is 1. The number of fused-ring (bicyclic) bond motifs is 1. The summed E-state index contributed by atoms with van der Waals surface area (Å²) in [5.74, 6) is -0.599. The summed E-state index contributed by atoms with van der Waals surface area (Å²) in [7, 11) is 0. The first-order chi connectivity index (χ1) is 7.41. The predicted octanol–water partition coefficient (Wildman–Crippen LogP) is 1.71. The molecule has 0 unspecified atom stereocenters. The highest BCUT2D eigenvalue weighted by Gasteiger charge is 2.33. The van der Waals surface area contributed by atoms with E-state index in [9.17, 15) is 9.90 Å². The summed E-state index contributed by atoms with van der Waals surface area (Å²) in [6.45, 7) is 3.49. The van der Waals surface area contributed by atoms with Crippen molar-refractivity contribution in [2.24, 2.45) is 5.92 Å². The Balaban J connectivity index is 2.40. The number of rotatable bonds is 2. The van der Waals surface area contributed by atoms with Crippen molar-refractivity contribution >= 4 is 5.97 Å². The van der Waals surface area contributed by atoms with Gasteiger partial charge in [-0.3, -0.25) is 0 Å². The van der Waals surface area contributed by atoms with Gasteiger partial charge in [0.1, 0.15) is 0 Å². The highest BCUT2D eigenvalue weighted by Crippen LogP contribution is 2.30. The number of benzene rings is 1. The molecule has 0 spiro atoms. The summed E-state index contributed by atoms with van der Waals surface area (Å²) in [5.41, 5.74) is 1.12. The lowest BCUT2D eigenvalue weighted by Crippen LogP contribution is -2.31. The first kappa shape index (κ1) is 11.1. The molecule has 0 saturated heterocycles. The Morgan fingerprint density at radius 1 is 1.38 bits per heavy atom. The molecule has 2 N–H and O–H groups in total. The van der Waals surface area contributed by atoms with Crippen molar-refractivity contribution in [3.05, 3.63) is 34.9 Å². The zero-order chi connectivity index (χ0) is 11.9. The van der Waals surface area contributed by atoms with Crippen molar-refractivity contribution in [1.82, 2.24) is 0 Å². The topological polar surface area (TPSA) is 57.5 Å². The van der Waals surface area contributed by atoms with E-state index in [2.05, 4.69) is 6.92 Å². The van der Waals surface area contributed by atoms with Gasteiger partial charge in [-0.2, -0.15) is 0 Å². The van der Waals surface area contributed by atoms with Crippen molar-refractivity contribution in [2.45, 2.75) is 32.3 Å². The average Bonchev–Trinajstić information content (AvgIpc) is 2.56. The van der Waals surface area contributed by atoms with Crippen LogP contribution in [0.15, 0.2) is 18.2 Å². The molecule has 2 rings (SSSR count). The molecule has 0 amide bonds. The number of carbonyl (C=O) groups is 1. The normalized spacial score (nSPS) is 22.6. The van der Waals surface area contributed by atoms with Crippen molar-refractivity contribution in [1.29, 1.82) is 0 Å². The van der Waals surface area contributed by atoms with Gasteiger partial charge in [-0.25, -0.2) is 4.79 Å². The Labute approximate surface area is 94.7 Å². The third-order valence-corrected chi connectivity index (χ3v) is 3.32. The smallest absolute Gasteiger partial charge is 0.340 e. The monoisotopic (exact) mass is 220 g/mol. The van der Waals surface area contributed by atoms with Gasteiger partial charge < -0.3 is 10.2 Å².